The molecule has 2 N–H and O–H groups in total. The van der Waals surface area contributed by atoms with E-state index in [0.717, 1.165) is 22.9 Å². The summed E-state index contributed by atoms with van der Waals surface area (Å²) in [7, 11) is 1.82. The van der Waals surface area contributed by atoms with E-state index >= 15 is 0 Å². The fraction of sp³-hybridized carbons (Fsp3) is 0.300. The van der Waals surface area contributed by atoms with Crippen molar-refractivity contribution in [1.29, 1.82) is 0 Å². The molecule has 0 atom stereocenters. The summed E-state index contributed by atoms with van der Waals surface area (Å²) in [5.74, 6) is -0.254. The molecule has 3 aromatic rings. The van der Waals surface area contributed by atoms with Crippen molar-refractivity contribution in [3.8, 4) is 0 Å². The Morgan fingerprint density at radius 1 is 1.23 bits per heavy atom. The quantitative estimate of drug-likeness (QED) is 0.551. The predicted octanol–water partition coefficient (Wildman–Crippen LogP) is 4.00. The SMILES string of the molecule is Cn1cnnc1SCc1cccc(NC(=O)c2cc(C(C)(C)O)cc(C(F)(F)F)n2)c1. The molecule has 7 nitrogen and oxygen atoms in total. The van der Waals surface area contributed by atoms with E-state index in [0.29, 0.717) is 11.4 Å². The fourth-order valence-electron chi connectivity index (χ4n) is 2.63. The summed E-state index contributed by atoms with van der Waals surface area (Å²) in [6.45, 7) is 2.67. The Morgan fingerprint density at radius 2 is 1.97 bits per heavy atom. The van der Waals surface area contributed by atoms with E-state index in [9.17, 15) is 23.1 Å². The Labute approximate surface area is 180 Å². The minimum absolute atomic E-state index is 0.0613. The molecule has 0 bridgehead atoms. The van der Waals surface area contributed by atoms with E-state index < -0.39 is 29.1 Å². The summed E-state index contributed by atoms with van der Waals surface area (Å²) in [5, 5.41) is 21.2. The highest BCUT2D eigenvalue weighted by Crippen LogP contribution is 2.31. The second-order valence-corrected chi connectivity index (χ2v) is 8.29. The zero-order valence-electron chi connectivity index (χ0n) is 16.9. The number of carbonyl (C=O) groups excluding carboxylic acids is 1. The Bertz CT molecular complexity index is 1060. The molecule has 0 aliphatic rings. The van der Waals surface area contributed by atoms with E-state index in [-0.39, 0.29) is 5.56 Å². The minimum atomic E-state index is -4.76. The number of aryl methyl sites for hydroxylation is 1. The maximum Gasteiger partial charge on any atom is 0.433 e. The van der Waals surface area contributed by atoms with Crippen molar-refractivity contribution in [3.63, 3.8) is 0 Å². The molecule has 11 heteroatoms. The van der Waals surface area contributed by atoms with E-state index in [1.54, 1.807) is 29.1 Å². The summed E-state index contributed by atoms with van der Waals surface area (Å²) >= 11 is 1.45. The van der Waals surface area contributed by atoms with Crippen LogP contribution in [0.25, 0.3) is 0 Å². The average Bonchev–Trinajstić information content (AvgIpc) is 3.10. The van der Waals surface area contributed by atoms with E-state index in [4.69, 9.17) is 0 Å². The van der Waals surface area contributed by atoms with E-state index in [1.807, 2.05) is 13.1 Å². The number of thioether (sulfide) groups is 1. The lowest BCUT2D eigenvalue weighted by Crippen LogP contribution is -2.22. The van der Waals surface area contributed by atoms with Gasteiger partial charge in [0, 0.05) is 18.5 Å². The summed E-state index contributed by atoms with van der Waals surface area (Å²) < 4.78 is 41.4. The topological polar surface area (TPSA) is 92.9 Å². The predicted molar refractivity (Wildman–Crippen MR) is 109 cm³/mol. The molecule has 31 heavy (non-hydrogen) atoms. The van der Waals surface area contributed by atoms with Crippen LogP contribution >= 0.6 is 11.8 Å². The van der Waals surface area contributed by atoms with Gasteiger partial charge in [0.15, 0.2) is 5.16 Å². The molecule has 1 aromatic carbocycles. The Kier molecular flexibility index (Phi) is 6.37. The molecule has 0 aliphatic carbocycles. The molecule has 0 unspecified atom stereocenters. The normalized spacial score (nSPS) is 12.1. The molecule has 2 aromatic heterocycles. The number of alkyl halides is 3. The molecule has 0 aliphatic heterocycles. The van der Waals surface area contributed by atoms with Crippen LogP contribution in [0.15, 0.2) is 47.9 Å². The largest absolute Gasteiger partial charge is 0.433 e. The number of nitrogens with zero attached hydrogens (tertiary/aromatic N) is 4. The average molecular weight is 451 g/mol. The Balaban J connectivity index is 1.80. The highest BCUT2D eigenvalue weighted by Gasteiger charge is 2.35. The molecule has 0 fully saturated rings. The lowest BCUT2D eigenvalue weighted by atomic mass is 9.97. The van der Waals surface area contributed by atoms with Crippen molar-refractivity contribution in [2.75, 3.05) is 5.32 Å². The number of anilines is 1. The van der Waals surface area contributed by atoms with Gasteiger partial charge in [0.1, 0.15) is 17.7 Å². The first kappa shape index (κ1) is 22.8. The smallest absolute Gasteiger partial charge is 0.386 e. The van der Waals surface area contributed by atoms with E-state index in [1.165, 1.54) is 25.6 Å². The van der Waals surface area contributed by atoms with Gasteiger partial charge >= 0.3 is 6.18 Å². The van der Waals surface area contributed by atoms with Crippen LogP contribution in [0, 0.1) is 0 Å². The van der Waals surface area contributed by atoms with Crippen molar-refractivity contribution in [2.45, 2.75) is 36.5 Å². The molecule has 2 heterocycles. The van der Waals surface area contributed by atoms with Crippen molar-refractivity contribution in [3.05, 3.63) is 65.2 Å². The molecule has 0 saturated carbocycles. The van der Waals surface area contributed by atoms with Gasteiger partial charge in [-0.15, -0.1) is 10.2 Å². The lowest BCUT2D eigenvalue weighted by molar-refractivity contribution is -0.141. The Morgan fingerprint density at radius 3 is 2.58 bits per heavy atom. The minimum Gasteiger partial charge on any atom is -0.386 e. The number of amides is 1. The molecule has 0 radical (unpaired) electrons. The van der Waals surface area contributed by atoms with Gasteiger partial charge in [0.05, 0.1) is 5.60 Å². The maximum atomic E-state index is 13.2. The fourth-order valence-corrected chi connectivity index (χ4v) is 3.46. The number of nitrogens with one attached hydrogen (secondary N) is 1. The van der Waals surface area contributed by atoms with Crippen LogP contribution in [0.4, 0.5) is 18.9 Å². The van der Waals surface area contributed by atoms with Gasteiger partial charge in [0.2, 0.25) is 0 Å². The number of benzene rings is 1. The number of pyridine rings is 1. The number of hydrogen-bond donors (Lipinski definition) is 2. The Hall–Kier alpha value is -2.92. The number of hydrogen-bond acceptors (Lipinski definition) is 6. The van der Waals surface area contributed by atoms with Crippen LogP contribution in [-0.4, -0.2) is 30.8 Å². The summed E-state index contributed by atoms with van der Waals surface area (Å²) in [6.07, 6.45) is -3.17. The van der Waals surface area contributed by atoms with Gasteiger partial charge in [-0.1, -0.05) is 23.9 Å². The van der Waals surface area contributed by atoms with Crippen LogP contribution in [0.5, 0.6) is 0 Å². The number of aliphatic hydroxyl groups is 1. The van der Waals surface area contributed by atoms with Crippen LogP contribution in [-0.2, 0) is 24.6 Å². The van der Waals surface area contributed by atoms with Crippen molar-refractivity contribution in [1.82, 2.24) is 19.7 Å². The molecular formula is C20H20F3N5O2S. The number of carbonyl (C=O) groups is 1. The molecule has 0 saturated heterocycles. The molecule has 0 spiro atoms. The van der Waals surface area contributed by atoms with Crippen molar-refractivity contribution < 1.29 is 23.1 Å². The molecular weight excluding hydrogens is 431 g/mol. The van der Waals surface area contributed by atoms with Gasteiger partial charge in [-0.3, -0.25) is 4.79 Å². The first-order chi connectivity index (χ1) is 14.4. The summed E-state index contributed by atoms with van der Waals surface area (Å²) in [6, 6.07) is 8.81. The van der Waals surface area contributed by atoms with Gasteiger partial charge in [-0.25, -0.2) is 4.98 Å². The molecule has 1 amide bonds. The van der Waals surface area contributed by atoms with Gasteiger partial charge in [-0.05, 0) is 49.2 Å². The monoisotopic (exact) mass is 451 g/mol. The van der Waals surface area contributed by atoms with Crippen LogP contribution in [0.3, 0.4) is 0 Å². The van der Waals surface area contributed by atoms with Crippen LogP contribution in [0.1, 0.15) is 41.2 Å². The van der Waals surface area contributed by atoms with Crippen molar-refractivity contribution >= 4 is 23.4 Å². The van der Waals surface area contributed by atoms with Gasteiger partial charge in [0.25, 0.3) is 5.91 Å². The van der Waals surface area contributed by atoms with Gasteiger partial charge < -0.3 is 15.0 Å². The summed E-state index contributed by atoms with van der Waals surface area (Å²) in [4.78, 5) is 16.1. The maximum absolute atomic E-state index is 13.2. The van der Waals surface area contributed by atoms with Crippen LogP contribution < -0.4 is 5.32 Å². The second-order valence-electron chi connectivity index (χ2n) is 7.35. The number of aromatic nitrogens is 4. The standard InChI is InChI=1S/C20H20F3N5O2S/c1-19(2,30)13-8-15(26-16(9-13)20(21,22)23)17(29)25-14-6-4-5-12(7-14)10-31-18-27-24-11-28(18)3/h4-9,11,30H,10H2,1-3H3,(H,25,29). The zero-order chi connectivity index (χ0) is 22.8. The summed E-state index contributed by atoms with van der Waals surface area (Å²) in [5.41, 5.74) is -2.04. The van der Waals surface area contributed by atoms with E-state index in [2.05, 4.69) is 20.5 Å². The first-order valence-electron chi connectivity index (χ1n) is 9.13. The lowest BCUT2D eigenvalue weighted by Gasteiger charge is -2.20. The highest BCUT2D eigenvalue weighted by atomic mass is 32.2. The third kappa shape index (κ3) is 5.82. The second kappa shape index (κ2) is 8.67. The van der Waals surface area contributed by atoms with Gasteiger partial charge in [-0.2, -0.15) is 13.2 Å². The molecule has 164 valence electrons. The highest BCUT2D eigenvalue weighted by molar-refractivity contribution is 7.98. The number of halogens is 3. The zero-order valence-corrected chi connectivity index (χ0v) is 17.8. The molecule has 3 rings (SSSR count). The first-order valence-corrected chi connectivity index (χ1v) is 10.1. The van der Waals surface area contributed by atoms with Crippen molar-refractivity contribution in [2.24, 2.45) is 7.05 Å². The van der Waals surface area contributed by atoms with Crippen LogP contribution in [0.2, 0.25) is 0 Å². The number of rotatable bonds is 6. The third-order valence-electron chi connectivity index (χ3n) is 4.28. The third-order valence-corrected chi connectivity index (χ3v) is 5.38.